The normalized spacial score (nSPS) is 19.2. The van der Waals surface area contributed by atoms with Crippen LogP contribution >= 0.6 is 0 Å². The van der Waals surface area contributed by atoms with E-state index in [1.165, 1.54) is 12.3 Å². The molecule has 0 radical (unpaired) electrons. The number of phenols is 1. The minimum Gasteiger partial charge on any atom is -0.508 e. The van der Waals surface area contributed by atoms with Crippen molar-refractivity contribution < 1.29 is 14.6 Å². The van der Waals surface area contributed by atoms with Crippen molar-refractivity contribution in [1.29, 1.82) is 0 Å². The quantitative estimate of drug-likeness (QED) is 0.863. The predicted octanol–water partition coefficient (Wildman–Crippen LogP) is 1.83. The molecule has 1 aliphatic rings. The maximum absolute atomic E-state index is 11.5. The van der Waals surface area contributed by atoms with Crippen molar-refractivity contribution in [2.45, 2.75) is 19.6 Å². The minimum atomic E-state index is -0.589. The van der Waals surface area contributed by atoms with Crippen molar-refractivity contribution in [2.24, 2.45) is 4.99 Å². The van der Waals surface area contributed by atoms with Gasteiger partial charge < -0.3 is 9.84 Å². The average Bonchev–Trinajstić information content (AvgIpc) is 2.31. The molecule has 0 bridgehead atoms. The molecule has 1 heterocycles. The largest absolute Gasteiger partial charge is 0.508 e. The van der Waals surface area contributed by atoms with Crippen LogP contribution in [0.25, 0.3) is 0 Å². The third-order valence-corrected chi connectivity index (χ3v) is 2.51. The van der Waals surface area contributed by atoms with Gasteiger partial charge in [0.1, 0.15) is 5.75 Å². The molecule has 1 aliphatic heterocycles. The van der Waals surface area contributed by atoms with Crippen LogP contribution in [0.15, 0.2) is 41.5 Å². The van der Waals surface area contributed by atoms with Gasteiger partial charge >= 0.3 is 0 Å². The SMILES string of the molecule is CC1=NC=CC(=O)C1OCc1ccc(O)cc1. The van der Waals surface area contributed by atoms with Crippen molar-refractivity contribution in [3.63, 3.8) is 0 Å². The lowest BCUT2D eigenvalue weighted by Gasteiger charge is -2.17. The van der Waals surface area contributed by atoms with Crippen LogP contribution in [0.4, 0.5) is 0 Å². The number of nitrogens with zero attached hydrogens (tertiary/aromatic N) is 1. The van der Waals surface area contributed by atoms with Crippen molar-refractivity contribution in [1.82, 2.24) is 0 Å². The third-order valence-electron chi connectivity index (χ3n) is 2.51. The molecule has 1 aromatic rings. The van der Waals surface area contributed by atoms with Gasteiger partial charge in [0.15, 0.2) is 11.9 Å². The molecule has 0 saturated carbocycles. The molecule has 0 fully saturated rings. The van der Waals surface area contributed by atoms with E-state index < -0.39 is 6.10 Å². The van der Waals surface area contributed by atoms with Crippen LogP contribution in [0.3, 0.4) is 0 Å². The van der Waals surface area contributed by atoms with E-state index in [0.717, 1.165) is 5.56 Å². The van der Waals surface area contributed by atoms with Gasteiger partial charge in [-0.3, -0.25) is 9.79 Å². The summed E-state index contributed by atoms with van der Waals surface area (Å²) in [7, 11) is 0. The molecular weight excluding hydrogens is 218 g/mol. The lowest BCUT2D eigenvalue weighted by Crippen LogP contribution is -2.31. The van der Waals surface area contributed by atoms with Crippen LogP contribution in [-0.4, -0.2) is 22.7 Å². The first-order valence-electron chi connectivity index (χ1n) is 5.31. The first-order chi connectivity index (χ1) is 8.16. The molecule has 4 nitrogen and oxygen atoms in total. The second kappa shape index (κ2) is 4.93. The fourth-order valence-corrected chi connectivity index (χ4v) is 1.56. The zero-order chi connectivity index (χ0) is 12.3. The number of aliphatic imine (C=N–C) groups is 1. The number of benzene rings is 1. The summed E-state index contributed by atoms with van der Waals surface area (Å²) in [5.41, 5.74) is 1.56. The Morgan fingerprint density at radius 1 is 1.35 bits per heavy atom. The van der Waals surface area contributed by atoms with Crippen molar-refractivity contribution in [2.75, 3.05) is 0 Å². The number of hydrogen-bond donors (Lipinski definition) is 1. The number of carbonyl (C=O) groups is 1. The predicted molar refractivity (Wildman–Crippen MR) is 63.9 cm³/mol. The van der Waals surface area contributed by atoms with E-state index in [4.69, 9.17) is 9.84 Å². The second-order valence-corrected chi connectivity index (χ2v) is 3.85. The van der Waals surface area contributed by atoms with Crippen LogP contribution in [0.5, 0.6) is 5.75 Å². The maximum Gasteiger partial charge on any atom is 0.191 e. The number of ether oxygens (including phenoxy) is 1. The van der Waals surface area contributed by atoms with Crippen LogP contribution in [0.2, 0.25) is 0 Å². The average molecular weight is 231 g/mol. The van der Waals surface area contributed by atoms with E-state index in [-0.39, 0.29) is 11.5 Å². The van der Waals surface area contributed by atoms with E-state index in [9.17, 15) is 4.79 Å². The van der Waals surface area contributed by atoms with Gasteiger partial charge in [-0.05, 0) is 24.6 Å². The van der Waals surface area contributed by atoms with Gasteiger partial charge in [-0.1, -0.05) is 12.1 Å². The monoisotopic (exact) mass is 231 g/mol. The Hall–Kier alpha value is -1.94. The molecule has 1 N–H and O–H groups in total. The summed E-state index contributed by atoms with van der Waals surface area (Å²) >= 11 is 0. The first-order valence-corrected chi connectivity index (χ1v) is 5.31. The van der Waals surface area contributed by atoms with Crippen LogP contribution in [-0.2, 0) is 16.1 Å². The number of carbonyl (C=O) groups excluding carboxylic acids is 1. The van der Waals surface area contributed by atoms with Crippen molar-refractivity contribution >= 4 is 11.5 Å². The summed E-state index contributed by atoms with van der Waals surface area (Å²) in [4.78, 5) is 15.6. The number of ketones is 1. The van der Waals surface area contributed by atoms with E-state index in [1.54, 1.807) is 31.2 Å². The summed E-state index contributed by atoms with van der Waals surface area (Å²) in [6.07, 6.45) is 2.31. The number of phenolic OH excluding ortho intramolecular Hbond substituents is 1. The Kier molecular flexibility index (Phi) is 3.35. The first kappa shape index (κ1) is 11.5. The molecule has 4 heteroatoms. The zero-order valence-electron chi connectivity index (χ0n) is 9.46. The summed E-state index contributed by atoms with van der Waals surface area (Å²) < 4.78 is 5.52. The van der Waals surface area contributed by atoms with E-state index >= 15 is 0 Å². The van der Waals surface area contributed by atoms with Gasteiger partial charge in [-0.2, -0.15) is 0 Å². The fraction of sp³-hybridized carbons (Fsp3) is 0.231. The van der Waals surface area contributed by atoms with Crippen LogP contribution in [0.1, 0.15) is 12.5 Å². The van der Waals surface area contributed by atoms with Gasteiger partial charge in [-0.25, -0.2) is 0 Å². The molecule has 0 aromatic heterocycles. The highest BCUT2D eigenvalue weighted by molar-refractivity contribution is 6.13. The molecule has 1 aromatic carbocycles. The highest BCUT2D eigenvalue weighted by Gasteiger charge is 2.22. The molecule has 0 aliphatic carbocycles. The Bertz CT molecular complexity index is 474. The molecule has 0 amide bonds. The van der Waals surface area contributed by atoms with E-state index in [1.807, 2.05) is 0 Å². The topological polar surface area (TPSA) is 58.9 Å². The fourth-order valence-electron chi connectivity index (χ4n) is 1.56. The summed E-state index contributed by atoms with van der Waals surface area (Å²) in [5.74, 6) is 0.124. The summed E-state index contributed by atoms with van der Waals surface area (Å²) in [5, 5.41) is 9.13. The molecule has 2 rings (SSSR count). The lowest BCUT2D eigenvalue weighted by atomic mass is 10.1. The second-order valence-electron chi connectivity index (χ2n) is 3.85. The maximum atomic E-state index is 11.5. The summed E-state index contributed by atoms with van der Waals surface area (Å²) in [6.45, 7) is 2.08. The van der Waals surface area contributed by atoms with Gasteiger partial charge in [0.25, 0.3) is 0 Å². The van der Waals surface area contributed by atoms with Crippen molar-refractivity contribution in [3.05, 3.63) is 42.1 Å². The van der Waals surface area contributed by atoms with Gasteiger partial charge in [0.05, 0.1) is 12.3 Å². The van der Waals surface area contributed by atoms with Crippen LogP contribution in [0, 0.1) is 0 Å². The number of aromatic hydroxyl groups is 1. The van der Waals surface area contributed by atoms with E-state index in [0.29, 0.717) is 12.3 Å². The highest BCUT2D eigenvalue weighted by Crippen LogP contribution is 2.13. The molecule has 0 spiro atoms. The zero-order valence-corrected chi connectivity index (χ0v) is 9.46. The highest BCUT2D eigenvalue weighted by atomic mass is 16.5. The van der Waals surface area contributed by atoms with Gasteiger partial charge in [0, 0.05) is 12.3 Å². The van der Waals surface area contributed by atoms with E-state index in [2.05, 4.69) is 4.99 Å². The Morgan fingerprint density at radius 2 is 2.06 bits per heavy atom. The number of rotatable bonds is 3. The minimum absolute atomic E-state index is 0.0868. The third kappa shape index (κ3) is 2.79. The Labute approximate surface area is 99.3 Å². The van der Waals surface area contributed by atoms with Crippen molar-refractivity contribution in [3.8, 4) is 5.75 Å². The molecule has 1 atom stereocenters. The Balaban J connectivity index is 1.98. The number of hydrogen-bond acceptors (Lipinski definition) is 4. The molecule has 88 valence electrons. The smallest absolute Gasteiger partial charge is 0.191 e. The summed E-state index contributed by atoms with van der Waals surface area (Å²) in [6, 6.07) is 6.68. The van der Waals surface area contributed by atoms with Gasteiger partial charge in [-0.15, -0.1) is 0 Å². The van der Waals surface area contributed by atoms with Crippen LogP contribution < -0.4 is 0 Å². The standard InChI is InChI=1S/C13H13NO3/c1-9-13(12(16)6-7-14-9)17-8-10-2-4-11(15)5-3-10/h2-7,13,15H,8H2,1H3. The van der Waals surface area contributed by atoms with Gasteiger partial charge in [0.2, 0.25) is 0 Å². The molecule has 1 unspecified atom stereocenters. The molecular formula is C13H13NO3. The molecule has 17 heavy (non-hydrogen) atoms. The molecule has 0 saturated heterocycles. The Morgan fingerprint density at radius 3 is 2.71 bits per heavy atom. The lowest BCUT2D eigenvalue weighted by molar-refractivity contribution is -0.122.